The van der Waals surface area contributed by atoms with Crippen LogP contribution in [0.2, 0.25) is 0 Å². The number of carbonyl (C=O) groups excluding carboxylic acids is 3. The summed E-state index contributed by atoms with van der Waals surface area (Å²) >= 11 is 0. The van der Waals surface area contributed by atoms with Crippen LogP contribution in [0.3, 0.4) is 0 Å². The molecule has 0 saturated carbocycles. The second-order valence-electron chi connectivity index (χ2n) is 20.9. The minimum Gasteiger partial charge on any atom is -0.462 e. The van der Waals surface area contributed by atoms with Crippen molar-refractivity contribution in [1.82, 2.24) is 0 Å². The van der Waals surface area contributed by atoms with Crippen LogP contribution in [-0.2, 0) is 28.6 Å². The van der Waals surface area contributed by atoms with Gasteiger partial charge in [-0.05, 0) is 148 Å². The lowest BCUT2D eigenvalue weighted by Gasteiger charge is -2.18. The van der Waals surface area contributed by atoms with E-state index in [0.29, 0.717) is 19.3 Å². The highest BCUT2D eigenvalue weighted by molar-refractivity contribution is 5.71. The summed E-state index contributed by atoms with van der Waals surface area (Å²) in [5.41, 5.74) is 0. The number of rotatable bonds is 57. The fraction of sp³-hybridized carbons (Fsp3) is 0.587. The Bertz CT molecular complexity index is 1860. The monoisotopic (exact) mass is 1110 g/mol. The fourth-order valence-electron chi connectivity index (χ4n) is 8.43. The summed E-state index contributed by atoms with van der Waals surface area (Å²) in [6.45, 7) is 6.26. The molecule has 0 aliphatic carbocycles. The van der Waals surface area contributed by atoms with Crippen molar-refractivity contribution in [1.29, 1.82) is 0 Å². The second-order valence-corrected chi connectivity index (χ2v) is 20.9. The molecule has 0 radical (unpaired) electrons. The van der Waals surface area contributed by atoms with Crippen LogP contribution in [-0.4, -0.2) is 37.2 Å². The molecular weight excluding hydrogens is 997 g/mol. The Morgan fingerprint density at radius 3 is 0.691 bits per heavy atom. The molecule has 1 atom stereocenters. The number of allylic oxidation sites excluding steroid dienone is 28. The van der Waals surface area contributed by atoms with Gasteiger partial charge >= 0.3 is 17.9 Å². The predicted molar refractivity (Wildman–Crippen MR) is 352 cm³/mol. The number of carbonyl (C=O) groups is 3. The molecule has 6 heteroatoms. The molecule has 0 N–H and O–H groups in total. The Balaban J connectivity index is 4.52. The van der Waals surface area contributed by atoms with Gasteiger partial charge in [-0.3, -0.25) is 14.4 Å². The maximum Gasteiger partial charge on any atom is 0.306 e. The van der Waals surface area contributed by atoms with Crippen molar-refractivity contribution in [3.05, 3.63) is 170 Å². The molecule has 454 valence electrons. The minimum atomic E-state index is -0.811. The van der Waals surface area contributed by atoms with E-state index in [1.807, 2.05) is 0 Å². The first-order valence-electron chi connectivity index (χ1n) is 32.6. The van der Waals surface area contributed by atoms with Gasteiger partial charge in [0.2, 0.25) is 0 Å². The average Bonchev–Trinajstić information content (AvgIpc) is 3.47. The highest BCUT2D eigenvalue weighted by Gasteiger charge is 2.19. The number of esters is 3. The zero-order valence-electron chi connectivity index (χ0n) is 52.0. The van der Waals surface area contributed by atoms with E-state index in [2.05, 4.69) is 191 Å². The van der Waals surface area contributed by atoms with Crippen LogP contribution in [0, 0.1) is 0 Å². The smallest absolute Gasteiger partial charge is 0.306 e. The third-order valence-corrected chi connectivity index (χ3v) is 13.2. The zero-order valence-corrected chi connectivity index (χ0v) is 52.0. The first kappa shape index (κ1) is 75.8. The van der Waals surface area contributed by atoms with Gasteiger partial charge in [-0.2, -0.15) is 0 Å². The highest BCUT2D eigenvalue weighted by Crippen LogP contribution is 2.14. The lowest BCUT2D eigenvalue weighted by Crippen LogP contribution is -2.30. The lowest BCUT2D eigenvalue weighted by molar-refractivity contribution is -0.167. The van der Waals surface area contributed by atoms with Gasteiger partial charge in [0.1, 0.15) is 13.2 Å². The van der Waals surface area contributed by atoms with Crippen molar-refractivity contribution < 1.29 is 28.6 Å². The van der Waals surface area contributed by atoms with Gasteiger partial charge in [0, 0.05) is 19.3 Å². The summed E-state index contributed by atoms with van der Waals surface area (Å²) in [6, 6.07) is 0. The number of hydrogen-bond donors (Lipinski definition) is 0. The molecule has 0 bridgehead atoms. The summed E-state index contributed by atoms with van der Waals surface area (Å²) < 4.78 is 16.9. The molecule has 0 saturated heterocycles. The van der Waals surface area contributed by atoms with Crippen molar-refractivity contribution in [2.45, 2.75) is 271 Å². The van der Waals surface area contributed by atoms with Crippen molar-refractivity contribution in [3.63, 3.8) is 0 Å². The first-order chi connectivity index (χ1) is 40.0. The summed E-state index contributed by atoms with van der Waals surface area (Å²) in [5.74, 6) is -0.950. The Morgan fingerprint density at radius 1 is 0.247 bits per heavy atom. The zero-order chi connectivity index (χ0) is 58.5. The Labute approximate surface area is 498 Å². The van der Waals surface area contributed by atoms with Crippen molar-refractivity contribution in [3.8, 4) is 0 Å². The van der Waals surface area contributed by atoms with Crippen LogP contribution in [0.5, 0.6) is 0 Å². The quantitative estimate of drug-likeness (QED) is 0.0261. The van der Waals surface area contributed by atoms with Crippen molar-refractivity contribution in [2.75, 3.05) is 13.2 Å². The lowest BCUT2D eigenvalue weighted by atomic mass is 10.1. The molecule has 0 heterocycles. The highest BCUT2D eigenvalue weighted by atomic mass is 16.6. The summed E-state index contributed by atoms with van der Waals surface area (Å²) in [6.07, 6.45) is 99.2. The molecule has 0 fully saturated rings. The topological polar surface area (TPSA) is 78.9 Å². The molecule has 0 aromatic carbocycles. The van der Waals surface area contributed by atoms with Crippen LogP contribution in [0.4, 0.5) is 0 Å². The van der Waals surface area contributed by atoms with Gasteiger partial charge in [-0.15, -0.1) is 0 Å². The second kappa shape index (κ2) is 67.3. The molecule has 0 aromatic heterocycles. The third-order valence-electron chi connectivity index (χ3n) is 13.2. The van der Waals surface area contributed by atoms with E-state index >= 15 is 0 Å². The molecule has 0 aliphatic rings. The summed E-state index contributed by atoms with van der Waals surface area (Å²) in [5, 5.41) is 0. The SMILES string of the molecule is CC/C=C\C/C=C\C/C=C\C/C=C\C/C=C\CCCCCCCCCC(=O)OCC(COC(=O)CCCCCCCC/C=C\C/C=C\C/C=C\C/C=C\CC)OC(=O)CCCCCCC/C=C\C/C=C\C/C=C\C/C=C\C/C=C\CC. The van der Waals surface area contributed by atoms with Crippen molar-refractivity contribution >= 4 is 17.9 Å². The van der Waals surface area contributed by atoms with E-state index in [9.17, 15) is 14.4 Å². The molecule has 0 aliphatic heterocycles. The Kier molecular flexibility index (Phi) is 62.9. The predicted octanol–water partition coefficient (Wildman–Crippen LogP) is 22.7. The molecule has 0 amide bonds. The Hall–Kier alpha value is -5.23. The third kappa shape index (κ3) is 65.5. The van der Waals surface area contributed by atoms with Gasteiger partial charge in [0.25, 0.3) is 0 Å². The average molecular weight is 1120 g/mol. The van der Waals surface area contributed by atoms with Crippen molar-refractivity contribution in [2.24, 2.45) is 0 Å². The van der Waals surface area contributed by atoms with E-state index in [-0.39, 0.29) is 31.1 Å². The molecule has 0 aromatic rings. The van der Waals surface area contributed by atoms with Gasteiger partial charge in [-0.25, -0.2) is 0 Å². The van der Waals surface area contributed by atoms with E-state index in [4.69, 9.17) is 14.2 Å². The largest absolute Gasteiger partial charge is 0.462 e. The maximum absolute atomic E-state index is 12.9. The number of ether oxygens (including phenoxy) is 3. The van der Waals surface area contributed by atoms with Gasteiger partial charge in [0.15, 0.2) is 6.10 Å². The number of hydrogen-bond acceptors (Lipinski definition) is 6. The summed E-state index contributed by atoms with van der Waals surface area (Å²) in [7, 11) is 0. The molecule has 81 heavy (non-hydrogen) atoms. The van der Waals surface area contributed by atoms with Crippen LogP contribution in [0.15, 0.2) is 170 Å². The minimum absolute atomic E-state index is 0.105. The molecule has 1 unspecified atom stereocenters. The van der Waals surface area contributed by atoms with Gasteiger partial charge in [0.05, 0.1) is 0 Å². The molecule has 6 nitrogen and oxygen atoms in total. The van der Waals surface area contributed by atoms with Crippen LogP contribution in [0.25, 0.3) is 0 Å². The van der Waals surface area contributed by atoms with Crippen LogP contribution >= 0.6 is 0 Å². The van der Waals surface area contributed by atoms with Crippen LogP contribution in [0.1, 0.15) is 265 Å². The van der Waals surface area contributed by atoms with Crippen LogP contribution < -0.4 is 0 Å². The maximum atomic E-state index is 12.9. The van der Waals surface area contributed by atoms with Gasteiger partial charge < -0.3 is 14.2 Å². The first-order valence-corrected chi connectivity index (χ1v) is 32.6. The summed E-state index contributed by atoms with van der Waals surface area (Å²) in [4.78, 5) is 38.4. The van der Waals surface area contributed by atoms with E-state index < -0.39 is 6.10 Å². The molecule has 0 spiro atoms. The molecular formula is C75H118O6. The number of unbranched alkanes of at least 4 members (excludes halogenated alkanes) is 18. The fourth-order valence-corrected chi connectivity index (χ4v) is 8.43. The van der Waals surface area contributed by atoms with E-state index in [1.165, 1.54) is 38.5 Å². The van der Waals surface area contributed by atoms with Gasteiger partial charge in [-0.1, -0.05) is 268 Å². The Morgan fingerprint density at radius 2 is 0.444 bits per heavy atom. The van der Waals surface area contributed by atoms with E-state index in [0.717, 1.165) is 186 Å². The van der Waals surface area contributed by atoms with E-state index in [1.54, 1.807) is 0 Å². The standard InChI is InChI=1S/C75H118O6/c1-4-7-10-13-16-19-22-25-28-31-34-36-37-39-41-44-47-50-53-56-59-62-65-68-74(77)80-71-72(70-79-73(76)67-64-61-58-55-52-49-46-43-40-33-30-27-24-21-18-15-12-9-6-3)81-75(78)69-66-63-60-57-54-51-48-45-42-38-35-32-29-26-23-20-17-14-11-8-5-2/h7-12,16-21,25-30,34-36,38-41,43,45,48,72H,4-6,13-15,22-24,31-33,37,42,44,46-47,49-71H2,1-3H3/b10-7-,11-8-,12-9-,19-16-,20-17-,21-18-,28-25-,29-26-,30-27-,36-34-,38-35-,41-39-,43-40-,48-45-. The molecule has 0 rings (SSSR count). The normalized spacial score (nSPS) is 13.3.